The van der Waals surface area contributed by atoms with Crippen LogP contribution in [0, 0.1) is 18.7 Å². The number of halogens is 2. The first-order chi connectivity index (χ1) is 17.7. The lowest BCUT2D eigenvalue weighted by Crippen LogP contribution is -2.40. The number of aryl methyl sites for hydroxylation is 1. The summed E-state index contributed by atoms with van der Waals surface area (Å²) in [5, 5.41) is 3.46. The van der Waals surface area contributed by atoms with Crippen LogP contribution in [0.2, 0.25) is 5.02 Å². The standard InChI is InChI=1S/C29H28ClFN4O2/c1-19(2)16-34(28(37)24-6-4-5-7-25(24)31)18-27(36)33-29-32-26(21-10-12-22(30)13-11-21)17-35(29)23-14-8-20(3)9-15-23/h4-15,17,19H,16,18H2,1-3H3,(H,32,33,36). The van der Waals surface area contributed by atoms with Crippen LogP contribution in [-0.4, -0.2) is 39.4 Å². The van der Waals surface area contributed by atoms with E-state index in [0.29, 0.717) is 23.2 Å². The highest BCUT2D eigenvalue weighted by Gasteiger charge is 2.23. The Morgan fingerprint density at radius 2 is 1.70 bits per heavy atom. The fourth-order valence-corrected chi connectivity index (χ4v) is 4.06. The number of aromatic nitrogens is 2. The molecule has 0 aliphatic carbocycles. The molecule has 0 fully saturated rings. The molecule has 0 saturated carbocycles. The van der Waals surface area contributed by atoms with Gasteiger partial charge in [-0.15, -0.1) is 0 Å². The first-order valence-electron chi connectivity index (χ1n) is 12.0. The number of hydrogen-bond donors (Lipinski definition) is 1. The number of nitrogens with one attached hydrogen (secondary N) is 1. The van der Waals surface area contributed by atoms with E-state index < -0.39 is 17.6 Å². The maximum absolute atomic E-state index is 14.3. The molecular formula is C29H28ClFN4O2. The third-order valence-corrected chi connectivity index (χ3v) is 5.97. The quantitative estimate of drug-likeness (QED) is 0.294. The number of benzene rings is 3. The monoisotopic (exact) mass is 518 g/mol. The normalized spacial score (nSPS) is 11.0. The van der Waals surface area contributed by atoms with Crippen LogP contribution in [-0.2, 0) is 4.79 Å². The van der Waals surface area contributed by atoms with Crippen molar-refractivity contribution in [2.75, 3.05) is 18.4 Å². The van der Waals surface area contributed by atoms with Gasteiger partial charge in [0.05, 0.1) is 11.3 Å². The molecule has 0 bridgehead atoms. The summed E-state index contributed by atoms with van der Waals surface area (Å²) >= 11 is 6.04. The van der Waals surface area contributed by atoms with Crippen LogP contribution in [0.15, 0.2) is 79.0 Å². The third-order valence-electron chi connectivity index (χ3n) is 5.72. The Kier molecular flexibility index (Phi) is 8.04. The van der Waals surface area contributed by atoms with Crippen LogP contribution in [0.1, 0.15) is 29.8 Å². The molecule has 6 nitrogen and oxygen atoms in total. The maximum Gasteiger partial charge on any atom is 0.257 e. The summed E-state index contributed by atoms with van der Waals surface area (Å²) in [6, 6.07) is 20.9. The van der Waals surface area contributed by atoms with Gasteiger partial charge in [-0.2, -0.15) is 0 Å². The van der Waals surface area contributed by atoms with E-state index in [1.807, 2.05) is 63.4 Å². The summed E-state index contributed by atoms with van der Waals surface area (Å²) in [6.07, 6.45) is 1.83. The highest BCUT2D eigenvalue weighted by Crippen LogP contribution is 2.26. The van der Waals surface area contributed by atoms with Gasteiger partial charge < -0.3 is 4.90 Å². The average Bonchev–Trinajstić information content (AvgIpc) is 3.27. The first-order valence-corrected chi connectivity index (χ1v) is 12.3. The minimum Gasteiger partial charge on any atom is -0.329 e. The molecule has 0 unspecified atom stereocenters. The van der Waals surface area contributed by atoms with E-state index in [4.69, 9.17) is 11.6 Å². The molecule has 0 atom stereocenters. The molecule has 37 heavy (non-hydrogen) atoms. The van der Waals surface area contributed by atoms with Gasteiger partial charge in [-0.25, -0.2) is 9.37 Å². The fourth-order valence-electron chi connectivity index (χ4n) is 3.93. The van der Waals surface area contributed by atoms with E-state index in [1.54, 1.807) is 22.8 Å². The zero-order valence-corrected chi connectivity index (χ0v) is 21.7. The van der Waals surface area contributed by atoms with Crippen molar-refractivity contribution in [1.82, 2.24) is 14.5 Å². The largest absolute Gasteiger partial charge is 0.329 e. The number of carbonyl (C=O) groups excluding carboxylic acids is 2. The summed E-state index contributed by atoms with van der Waals surface area (Å²) in [7, 11) is 0. The average molecular weight is 519 g/mol. The Bertz CT molecular complexity index is 1400. The van der Waals surface area contributed by atoms with E-state index in [1.165, 1.54) is 23.1 Å². The molecule has 0 aliphatic heterocycles. The molecule has 2 amide bonds. The topological polar surface area (TPSA) is 67.2 Å². The Hall–Kier alpha value is -3.97. The van der Waals surface area contributed by atoms with Crippen molar-refractivity contribution in [2.45, 2.75) is 20.8 Å². The molecule has 0 spiro atoms. The van der Waals surface area contributed by atoms with Gasteiger partial charge in [0, 0.05) is 29.0 Å². The van der Waals surface area contributed by atoms with Gasteiger partial charge in [-0.1, -0.05) is 67.4 Å². The van der Waals surface area contributed by atoms with Crippen molar-refractivity contribution in [3.63, 3.8) is 0 Å². The fraction of sp³-hybridized carbons (Fsp3) is 0.207. The van der Waals surface area contributed by atoms with Gasteiger partial charge in [0.25, 0.3) is 5.91 Å². The lowest BCUT2D eigenvalue weighted by Gasteiger charge is -2.24. The lowest BCUT2D eigenvalue weighted by atomic mass is 10.1. The van der Waals surface area contributed by atoms with Crippen LogP contribution in [0.25, 0.3) is 16.9 Å². The van der Waals surface area contributed by atoms with Crippen molar-refractivity contribution in [3.05, 3.63) is 101 Å². The molecular weight excluding hydrogens is 491 g/mol. The molecule has 8 heteroatoms. The smallest absolute Gasteiger partial charge is 0.257 e. The van der Waals surface area contributed by atoms with Crippen LogP contribution in [0.5, 0.6) is 0 Å². The van der Waals surface area contributed by atoms with Crippen molar-refractivity contribution < 1.29 is 14.0 Å². The minimum atomic E-state index is -0.621. The van der Waals surface area contributed by atoms with E-state index in [0.717, 1.165) is 16.8 Å². The van der Waals surface area contributed by atoms with Crippen LogP contribution in [0.3, 0.4) is 0 Å². The number of carbonyl (C=O) groups is 2. The summed E-state index contributed by atoms with van der Waals surface area (Å²) in [4.78, 5) is 32.3. The summed E-state index contributed by atoms with van der Waals surface area (Å²) in [6.45, 7) is 5.91. The number of nitrogens with zero attached hydrogens (tertiary/aromatic N) is 3. The summed E-state index contributed by atoms with van der Waals surface area (Å²) in [5.74, 6) is -1.21. The maximum atomic E-state index is 14.3. The third kappa shape index (κ3) is 6.43. The molecule has 1 aromatic heterocycles. The van der Waals surface area contributed by atoms with Crippen molar-refractivity contribution >= 4 is 29.4 Å². The van der Waals surface area contributed by atoms with Gasteiger partial charge in [-0.05, 0) is 49.2 Å². The van der Waals surface area contributed by atoms with Crippen LogP contribution in [0.4, 0.5) is 10.3 Å². The lowest BCUT2D eigenvalue weighted by molar-refractivity contribution is -0.117. The van der Waals surface area contributed by atoms with Gasteiger partial charge in [0.2, 0.25) is 11.9 Å². The van der Waals surface area contributed by atoms with E-state index in [9.17, 15) is 14.0 Å². The molecule has 0 radical (unpaired) electrons. The molecule has 3 aromatic carbocycles. The first kappa shape index (κ1) is 26.1. The molecule has 0 aliphatic rings. The van der Waals surface area contributed by atoms with Gasteiger partial charge in [0.1, 0.15) is 12.4 Å². The van der Waals surface area contributed by atoms with E-state index >= 15 is 0 Å². The highest BCUT2D eigenvalue weighted by molar-refractivity contribution is 6.30. The Labute approximate surface area is 220 Å². The van der Waals surface area contributed by atoms with Gasteiger partial charge >= 0.3 is 0 Å². The zero-order chi connectivity index (χ0) is 26.5. The predicted octanol–water partition coefficient (Wildman–Crippen LogP) is 6.38. The number of hydrogen-bond acceptors (Lipinski definition) is 3. The van der Waals surface area contributed by atoms with Crippen molar-refractivity contribution in [2.24, 2.45) is 5.92 Å². The second-order valence-corrected chi connectivity index (χ2v) is 9.71. The molecule has 4 aromatic rings. The number of amides is 2. The SMILES string of the molecule is Cc1ccc(-n2cc(-c3ccc(Cl)cc3)nc2NC(=O)CN(CC(C)C)C(=O)c2ccccc2F)cc1. The van der Waals surface area contributed by atoms with E-state index in [-0.39, 0.29) is 18.0 Å². The summed E-state index contributed by atoms with van der Waals surface area (Å²) in [5.41, 5.74) is 3.33. The second-order valence-electron chi connectivity index (χ2n) is 9.27. The Balaban J connectivity index is 1.63. The van der Waals surface area contributed by atoms with Gasteiger partial charge in [-0.3, -0.25) is 19.5 Å². The Morgan fingerprint density at radius 3 is 2.35 bits per heavy atom. The number of rotatable bonds is 8. The Morgan fingerprint density at radius 1 is 1.03 bits per heavy atom. The molecule has 1 heterocycles. The molecule has 0 saturated heterocycles. The minimum absolute atomic E-state index is 0.0675. The predicted molar refractivity (Wildman–Crippen MR) is 145 cm³/mol. The van der Waals surface area contributed by atoms with Crippen LogP contribution < -0.4 is 5.32 Å². The van der Waals surface area contributed by atoms with Crippen LogP contribution >= 0.6 is 11.6 Å². The molecule has 190 valence electrons. The number of anilines is 1. The highest BCUT2D eigenvalue weighted by atomic mass is 35.5. The second kappa shape index (κ2) is 11.4. The van der Waals surface area contributed by atoms with Gasteiger partial charge in [0.15, 0.2) is 0 Å². The van der Waals surface area contributed by atoms with E-state index in [2.05, 4.69) is 10.3 Å². The molecule has 4 rings (SSSR count). The van der Waals surface area contributed by atoms with Crippen molar-refractivity contribution in [1.29, 1.82) is 0 Å². The number of imidazole rings is 1. The van der Waals surface area contributed by atoms with Crippen molar-refractivity contribution in [3.8, 4) is 16.9 Å². The molecule has 1 N–H and O–H groups in total. The summed E-state index contributed by atoms with van der Waals surface area (Å²) < 4.78 is 16.1. The zero-order valence-electron chi connectivity index (χ0n) is 20.9.